The average Bonchev–Trinajstić information content (AvgIpc) is 3.69. The number of ether oxygens (including phenoxy) is 1. The third-order valence-electron chi connectivity index (χ3n) is 6.76. The fraction of sp³-hybridized carbons (Fsp3) is 0.385. The normalized spacial score (nSPS) is 16.9. The first-order valence-electron chi connectivity index (χ1n) is 12.7. The summed E-state index contributed by atoms with van der Waals surface area (Å²) in [6.45, 7) is 2.89. The summed E-state index contributed by atoms with van der Waals surface area (Å²) in [5.41, 5.74) is 1.96. The number of alkyl halides is 3. The molecular formula is C26H27F3N4O4S3. The van der Waals surface area contributed by atoms with Crippen LogP contribution in [0.2, 0.25) is 0 Å². The second-order valence-corrected chi connectivity index (χ2v) is 13.5. The number of hydrogen-bond acceptors (Lipinski definition) is 8. The van der Waals surface area contributed by atoms with Gasteiger partial charge in [0.1, 0.15) is 15.8 Å². The molecule has 0 bridgehead atoms. The number of esters is 1. The maximum atomic E-state index is 13.3. The van der Waals surface area contributed by atoms with E-state index in [1.54, 1.807) is 36.7 Å². The van der Waals surface area contributed by atoms with Gasteiger partial charge in [-0.15, -0.1) is 22.7 Å². The molecule has 1 fully saturated rings. The van der Waals surface area contributed by atoms with Gasteiger partial charge in [0.05, 0.1) is 16.9 Å². The van der Waals surface area contributed by atoms with Gasteiger partial charge in [-0.3, -0.25) is 9.21 Å². The summed E-state index contributed by atoms with van der Waals surface area (Å²) in [4.78, 5) is 22.1. The molecule has 214 valence electrons. The first kappa shape index (κ1) is 28.6. The molecule has 0 aliphatic carbocycles. The number of para-hydroxylation sites is 1. The van der Waals surface area contributed by atoms with Crippen molar-refractivity contribution in [1.29, 1.82) is 0 Å². The monoisotopic (exact) mass is 612 g/mol. The van der Waals surface area contributed by atoms with E-state index >= 15 is 0 Å². The molecule has 4 heterocycles. The van der Waals surface area contributed by atoms with Crippen LogP contribution in [0.5, 0.6) is 0 Å². The number of aromatic nitrogens is 2. The molecule has 0 spiro atoms. The van der Waals surface area contributed by atoms with Crippen LogP contribution in [-0.2, 0) is 26.1 Å². The van der Waals surface area contributed by atoms with Gasteiger partial charge in [0.15, 0.2) is 0 Å². The minimum absolute atomic E-state index is 0.254. The number of sulfonamides is 1. The van der Waals surface area contributed by atoms with Gasteiger partial charge >= 0.3 is 12.1 Å². The molecule has 0 radical (unpaired) electrons. The van der Waals surface area contributed by atoms with Crippen molar-refractivity contribution in [3.63, 3.8) is 0 Å². The van der Waals surface area contributed by atoms with E-state index in [1.807, 2.05) is 23.1 Å². The Bertz CT molecular complexity index is 1580. The number of hydrogen-bond donors (Lipinski definition) is 1. The first-order valence-corrected chi connectivity index (χ1v) is 15.8. The highest BCUT2D eigenvalue weighted by molar-refractivity contribution is 7.94. The standard InChI is InChI=1S/C26H27F3N4O4S3/c1-2-33(40(35,36)22-10-6-12-38-22)21-9-5-7-17-13-20(31-23(17)21)24-30-14-19(39-24)15-32-11-4-3-8-18(32)16-37-25(34)26(27,28)29/h5-7,9-10,12-14,18,31H,2-4,8,11,15-16H2,1H3. The second-order valence-electron chi connectivity index (χ2n) is 9.37. The van der Waals surface area contributed by atoms with Gasteiger partial charge in [0.2, 0.25) is 0 Å². The van der Waals surface area contributed by atoms with Crippen LogP contribution < -0.4 is 4.31 Å². The Kier molecular flexibility index (Phi) is 8.22. The number of piperidine rings is 1. The number of aromatic amines is 1. The van der Waals surface area contributed by atoms with E-state index in [4.69, 9.17) is 0 Å². The van der Waals surface area contributed by atoms with Crippen LogP contribution >= 0.6 is 22.7 Å². The number of thiophene rings is 1. The zero-order chi connectivity index (χ0) is 28.5. The SMILES string of the molecule is CCN(c1cccc2cc(-c3ncc(CN4CCCCC4COC(=O)C(F)(F)F)s3)[nH]c12)S(=O)(=O)c1cccs1. The fourth-order valence-electron chi connectivity index (χ4n) is 4.87. The van der Waals surface area contributed by atoms with E-state index in [1.165, 1.54) is 27.0 Å². The van der Waals surface area contributed by atoms with Gasteiger partial charge < -0.3 is 9.72 Å². The summed E-state index contributed by atoms with van der Waals surface area (Å²) in [5, 5.41) is 3.28. The Balaban J connectivity index is 1.35. The van der Waals surface area contributed by atoms with Crippen molar-refractivity contribution in [1.82, 2.24) is 14.9 Å². The number of likely N-dealkylation sites (tertiary alicyclic amines) is 1. The second kappa shape index (κ2) is 11.5. The van der Waals surface area contributed by atoms with Gasteiger partial charge in [-0.1, -0.05) is 24.6 Å². The van der Waals surface area contributed by atoms with Crippen molar-refractivity contribution in [3.8, 4) is 10.7 Å². The molecule has 5 rings (SSSR count). The number of anilines is 1. The van der Waals surface area contributed by atoms with E-state index in [9.17, 15) is 26.4 Å². The molecule has 1 aliphatic rings. The van der Waals surface area contributed by atoms with Crippen LogP contribution in [0.3, 0.4) is 0 Å². The number of thiazole rings is 1. The number of carbonyl (C=O) groups is 1. The number of halogens is 3. The van der Waals surface area contributed by atoms with E-state index in [-0.39, 0.29) is 23.4 Å². The van der Waals surface area contributed by atoms with Crippen molar-refractivity contribution in [2.24, 2.45) is 0 Å². The molecule has 0 amide bonds. The highest BCUT2D eigenvalue weighted by atomic mass is 32.2. The number of carbonyl (C=O) groups excluding carboxylic acids is 1. The molecule has 1 unspecified atom stereocenters. The van der Waals surface area contributed by atoms with Crippen molar-refractivity contribution < 1.29 is 31.1 Å². The van der Waals surface area contributed by atoms with E-state index in [0.29, 0.717) is 35.7 Å². The Morgan fingerprint density at radius 1 is 1.25 bits per heavy atom. The lowest BCUT2D eigenvalue weighted by Gasteiger charge is -2.34. The molecule has 1 atom stereocenters. The fourth-order valence-corrected chi connectivity index (χ4v) is 8.37. The van der Waals surface area contributed by atoms with Crippen LogP contribution in [0.1, 0.15) is 31.1 Å². The van der Waals surface area contributed by atoms with Crippen molar-refractivity contribution >= 4 is 55.3 Å². The Morgan fingerprint density at radius 2 is 2.08 bits per heavy atom. The van der Waals surface area contributed by atoms with Crippen LogP contribution in [0, 0.1) is 0 Å². The topological polar surface area (TPSA) is 95.6 Å². The molecule has 14 heteroatoms. The minimum atomic E-state index is -5.01. The van der Waals surface area contributed by atoms with Crippen molar-refractivity contribution in [2.75, 3.05) is 24.0 Å². The molecule has 8 nitrogen and oxygen atoms in total. The highest BCUT2D eigenvalue weighted by Gasteiger charge is 2.41. The summed E-state index contributed by atoms with van der Waals surface area (Å²) >= 11 is 2.62. The predicted octanol–water partition coefficient (Wildman–Crippen LogP) is 6.03. The summed E-state index contributed by atoms with van der Waals surface area (Å²) in [6, 6.07) is 10.4. The average molecular weight is 613 g/mol. The van der Waals surface area contributed by atoms with Crippen LogP contribution in [-0.4, -0.2) is 61.2 Å². The van der Waals surface area contributed by atoms with E-state index < -0.39 is 22.2 Å². The third-order valence-corrected chi connectivity index (χ3v) is 11.0. The summed E-state index contributed by atoms with van der Waals surface area (Å²) < 4.78 is 70.6. The largest absolute Gasteiger partial charge is 0.490 e. The molecule has 1 N–H and O–H groups in total. The molecule has 40 heavy (non-hydrogen) atoms. The number of nitrogens with one attached hydrogen (secondary N) is 1. The Hall–Kier alpha value is -2.94. The van der Waals surface area contributed by atoms with Gasteiger partial charge in [-0.05, 0) is 49.9 Å². The number of rotatable bonds is 9. The Morgan fingerprint density at radius 3 is 2.80 bits per heavy atom. The van der Waals surface area contributed by atoms with Gasteiger partial charge in [0, 0.05) is 35.6 Å². The van der Waals surface area contributed by atoms with Gasteiger partial charge in [0.25, 0.3) is 10.0 Å². The summed E-state index contributed by atoms with van der Waals surface area (Å²) in [6.07, 6.45) is -0.868. The molecule has 1 aliphatic heterocycles. The molecule has 1 aromatic carbocycles. The lowest BCUT2D eigenvalue weighted by Crippen LogP contribution is -2.43. The predicted molar refractivity (Wildman–Crippen MR) is 149 cm³/mol. The van der Waals surface area contributed by atoms with Gasteiger partial charge in [-0.25, -0.2) is 18.2 Å². The summed E-state index contributed by atoms with van der Waals surface area (Å²) in [5.74, 6) is -2.17. The number of fused-ring (bicyclic) bond motifs is 1. The third kappa shape index (κ3) is 5.90. The minimum Gasteiger partial charge on any atom is -0.457 e. The quantitative estimate of drug-likeness (QED) is 0.232. The van der Waals surface area contributed by atoms with Crippen molar-refractivity contribution in [2.45, 2.75) is 49.2 Å². The molecular weight excluding hydrogens is 586 g/mol. The molecule has 4 aromatic rings. The smallest absolute Gasteiger partial charge is 0.457 e. The lowest BCUT2D eigenvalue weighted by atomic mass is 10.0. The van der Waals surface area contributed by atoms with E-state index in [2.05, 4.69) is 14.7 Å². The van der Waals surface area contributed by atoms with Crippen LogP contribution in [0.15, 0.2) is 52.2 Å². The van der Waals surface area contributed by atoms with E-state index in [0.717, 1.165) is 28.8 Å². The van der Waals surface area contributed by atoms with Crippen LogP contribution in [0.25, 0.3) is 21.6 Å². The van der Waals surface area contributed by atoms with Crippen molar-refractivity contribution in [3.05, 3.63) is 52.9 Å². The zero-order valence-electron chi connectivity index (χ0n) is 21.5. The highest BCUT2D eigenvalue weighted by Crippen LogP contribution is 2.36. The van der Waals surface area contributed by atoms with Gasteiger partial charge in [-0.2, -0.15) is 13.2 Å². The zero-order valence-corrected chi connectivity index (χ0v) is 23.9. The van der Waals surface area contributed by atoms with Crippen LogP contribution in [0.4, 0.5) is 18.9 Å². The first-order chi connectivity index (χ1) is 19.1. The maximum absolute atomic E-state index is 13.3. The Labute approximate surface area is 237 Å². The number of benzene rings is 1. The number of nitrogens with zero attached hydrogens (tertiary/aromatic N) is 3. The number of H-pyrrole nitrogens is 1. The molecule has 3 aromatic heterocycles. The summed E-state index contributed by atoms with van der Waals surface area (Å²) in [7, 11) is -3.72. The molecule has 1 saturated heterocycles. The lowest BCUT2D eigenvalue weighted by molar-refractivity contribution is -0.201. The maximum Gasteiger partial charge on any atom is 0.490 e. The molecule has 0 saturated carbocycles.